The summed E-state index contributed by atoms with van der Waals surface area (Å²) >= 11 is 7.40. The SMILES string of the molecule is CCOC(=O)C1=C(c2ccccc2)N=c2s/c(=C\c3ccccc3OCc3cccc(Cl)c3)c(=O)n2[C@@H]1c1ccc(OC)cc1OC. The first-order chi connectivity index (χ1) is 22.9. The smallest absolute Gasteiger partial charge is 0.338 e. The third-order valence-electron chi connectivity index (χ3n) is 7.60. The molecule has 6 rings (SSSR count). The number of fused-ring (bicyclic) bond motifs is 1. The number of hydrogen-bond donors (Lipinski definition) is 0. The zero-order valence-electron chi connectivity index (χ0n) is 25.9. The van der Waals surface area contributed by atoms with Gasteiger partial charge in [0.15, 0.2) is 4.80 Å². The van der Waals surface area contributed by atoms with E-state index in [1.54, 1.807) is 38.3 Å². The van der Waals surface area contributed by atoms with Gasteiger partial charge in [0, 0.05) is 27.8 Å². The van der Waals surface area contributed by atoms with Gasteiger partial charge < -0.3 is 18.9 Å². The van der Waals surface area contributed by atoms with Crippen LogP contribution in [0.25, 0.3) is 11.8 Å². The lowest BCUT2D eigenvalue weighted by atomic mass is 9.92. The molecule has 0 aliphatic carbocycles. The minimum atomic E-state index is -0.905. The number of nitrogens with zero attached hydrogens (tertiary/aromatic N) is 2. The highest BCUT2D eigenvalue weighted by atomic mass is 35.5. The van der Waals surface area contributed by atoms with Crippen LogP contribution in [0.1, 0.15) is 35.2 Å². The zero-order chi connectivity index (χ0) is 32.9. The molecule has 47 heavy (non-hydrogen) atoms. The fourth-order valence-corrected chi connectivity index (χ4v) is 6.64. The molecular weight excluding hydrogens is 636 g/mol. The molecule has 4 aromatic carbocycles. The van der Waals surface area contributed by atoms with Crippen LogP contribution in [0.15, 0.2) is 112 Å². The molecule has 0 unspecified atom stereocenters. The first-order valence-corrected chi connectivity index (χ1v) is 16.1. The van der Waals surface area contributed by atoms with E-state index in [9.17, 15) is 9.59 Å². The van der Waals surface area contributed by atoms with Crippen LogP contribution in [0.3, 0.4) is 0 Å². The molecule has 2 heterocycles. The summed E-state index contributed by atoms with van der Waals surface area (Å²) in [7, 11) is 3.10. The average molecular weight is 667 g/mol. The number of esters is 1. The van der Waals surface area contributed by atoms with E-state index in [0.717, 1.165) is 5.56 Å². The maximum atomic E-state index is 14.4. The predicted octanol–water partition coefficient (Wildman–Crippen LogP) is 6.19. The van der Waals surface area contributed by atoms with Gasteiger partial charge in [0.05, 0.1) is 36.6 Å². The zero-order valence-corrected chi connectivity index (χ0v) is 27.5. The molecule has 0 bridgehead atoms. The van der Waals surface area contributed by atoms with Gasteiger partial charge in [-0.1, -0.05) is 83.6 Å². The largest absolute Gasteiger partial charge is 0.497 e. The van der Waals surface area contributed by atoms with Gasteiger partial charge in [0.25, 0.3) is 5.56 Å². The van der Waals surface area contributed by atoms with Gasteiger partial charge in [-0.15, -0.1) is 0 Å². The Morgan fingerprint density at radius 3 is 2.47 bits per heavy atom. The molecule has 1 atom stereocenters. The summed E-state index contributed by atoms with van der Waals surface area (Å²) in [4.78, 5) is 33.6. The van der Waals surface area contributed by atoms with Crippen LogP contribution in [-0.2, 0) is 16.1 Å². The van der Waals surface area contributed by atoms with Gasteiger partial charge >= 0.3 is 5.97 Å². The Kier molecular flexibility index (Phi) is 9.56. The Labute approximate surface area is 280 Å². The van der Waals surface area contributed by atoms with E-state index >= 15 is 0 Å². The van der Waals surface area contributed by atoms with E-state index in [2.05, 4.69) is 0 Å². The highest BCUT2D eigenvalue weighted by Gasteiger charge is 2.37. The van der Waals surface area contributed by atoms with E-state index in [1.165, 1.54) is 23.0 Å². The number of halogens is 1. The Hall–Kier alpha value is -5.12. The molecule has 1 aliphatic heterocycles. The number of thiazole rings is 1. The summed E-state index contributed by atoms with van der Waals surface area (Å²) in [5.41, 5.74) is 3.25. The van der Waals surface area contributed by atoms with Gasteiger partial charge in [-0.25, -0.2) is 9.79 Å². The Morgan fingerprint density at radius 2 is 1.72 bits per heavy atom. The molecule has 0 amide bonds. The molecular formula is C37H31ClN2O6S. The molecule has 0 saturated carbocycles. The average Bonchev–Trinajstić information content (AvgIpc) is 3.41. The molecule has 5 aromatic rings. The first-order valence-electron chi connectivity index (χ1n) is 14.9. The normalized spacial score (nSPS) is 14.3. The molecule has 0 saturated heterocycles. The third-order valence-corrected chi connectivity index (χ3v) is 8.82. The number of rotatable bonds is 10. The highest BCUT2D eigenvalue weighted by molar-refractivity contribution is 7.07. The fourth-order valence-electron chi connectivity index (χ4n) is 5.44. The Balaban J connectivity index is 1.56. The monoisotopic (exact) mass is 666 g/mol. The van der Waals surface area contributed by atoms with Crippen molar-refractivity contribution < 1.29 is 23.7 Å². The minimum absolute atomic E-state index is 0.146. The second kappa shape index (κ2) is 14.1. The molecule has 1 aromatic heterocycles. The number of para-hydroxylation sites is 1. The molecule has 0 N–H and O–H groups in total. The summed E-state index contributed by atoms with van der Waals surface area (Å²) < 4.78 is 24.9. The number of carbonyl (C=O) groups excluding carboxylic acids is 1. The quantitative estimate of drug-likeness (QED) is 0.165. The van der Waals surface area contributed by atoms with Crippen LogP contribution >= 0.6 is 22.9 Å². The van der Waals surface area contributed by atoms with E-state index in [0.29, 0.717) is 60.6 Å². The fraction of sp³-hybridized carbons (Fsp3) is 0.162. The summed E-state index contributed by atoms with van der Waals surface area (Å²) in [6, 6.07) is 28.7. The lowest BCUT2D eigenvalue weighted by Crippen LogP contribution is -2.40. The Morgan fingerprint density at radius 1 is 0.936 bits per heavy atom. The maximum Gasteiger partial charge on any atom is 0.338 e. The van der Waals surface area contributed by atoms with E-state index in [1.807, 2.05) is 78.9 Å². The molecule has 8 nitrogen and oxygen atoms in total. The number of benzene rings is 4. The maximum absolute atomic E-state index is 14.4. The number of aromatic nitrogens is 1. The second-order valence-electron chi connectivity index (χ2n) is 10.5. The molecule has 0 fully saturated rings. The molecule has 1 aliphatic rings. The van der Waals surface area contributed by atoms with Crippen LogP contribution in [-0.4, -0.2) is 31.4 Å². The van der Waals surface area contributed by atoms with Crippen LogP contribution in [0, 0.1) is 0 Å². The van der Waals surface area contributed by atoms with E-state index < -0.39 is 12.0 Å². The lowest BCUT2D eigenvalue weighted by Gasteiger charge is -2.27. The first kappa shape index (κ1) is 31.8. The summed E-state index contributed by atoms with van der Waals surface area (Å²) in [6.45, 7) is 2.19. The van der Waals surface area contributed by atoms with Crippen molar-refractivity contribution in [3.8, 4) is 17.2 Å². The van der Waals surface area contributed by atoms with Crippen molar-refractivity contribution in [3.05, 3.63) is 150 Å². The van der Waals surface area contributed by atoms with Gasteiger partial charge in [0.1, 0.15) is 29.9 Å². The minimum Gasteiger partial charge on any atom is -0.497 e. The predicted molar refractivity (Wildman–Crippen MR) is 183 cm³/mol. The molecule has 0 spiro atoms. The highest BCUT2D eigenvalue weighted by Crippen LogP contribution is 2.40. The van der Waals surface area contributed by atoms with Gasteiger partial charge in [-0.05, 0) is 48.9 Å². The van der Waals surface area contributed by atoms with Crippen LogP contribution in [0.2, 0.25) is 5.02 Å². The standard InChI is InChI=1S/C37H31ClN2O6S/c1-4-45-36(42)32-33(24-12-6-5-7-13-24)39-37-40(34(32)28-18-17-27(43-2)21-30(28)44-3)35(41)31(47-37)20-25-14-8-9-16-29(25)46-22-23-11-10-15-26(38)19-23/h5-21,34H,4,22H2,1-3H3/b31-20-/t34-/m1/s1. The molecule has 0 radical (unpaired) electrons. The number of methoxy groups -OCH3 is 2. The van der Waals surface area contributed by atoms with Crippen LogP contribution < -0.4 is 29.1 Å². The van der Waals surface area contributed by atoms with Crippen molar-refractivity contribution in [2.75, 3.05) is 20.8 Å². The topological polar surface area (TPSA) is 88.4 Å². The van der Waals surface area contributed by atoms with Crippen LogP contribution in [0.4, 0.5) is 0 Å². The molecule has 238 valence electrons. The van der Waals surface area contributed by atoms with Gasteiger partial charge in [-0.2, -0.15) is 0 Å². The second-order valence-corrected chi connectivity index (χ2v) is 11.9. The van der Waals surface area contributed by atoms with E-state index in [-0.39, 0.29) is 17.7 Å². The number of carbonyl (C=O) groups is 1. The lowest BCUT2D eigenvalue weighted by molar-refractivity contribution is -0.138. The Bertz CT molecular complexity index is 2160. The van der Waals surface area contributed by atoms with Crippen molar-refractivity contribution in [3.63, 3.8) is 0 Å². The van der Waals surface area contributed by atoms with E-state index in [4.69, 9.17) is 35.5 Å². The molecule has 10 heteroatoms. The van der Waals surface area contributed by atoms with Crippen molar-refractivity contribution in [2.45, 2.75) is 19.6 Å². The third kappa shape index (κ3) is 6.58. The van der Waals surface area contributed by atoms with Crippen molar-refractivity contribution in [2.24, 2.45) is 4.99 Å². The van der Waals surface area contributed by atoms with Crippen molar-refractivity contribution in [1.29, 1.82) is 0 Å². The summed E-state index contributed by atoms with van der Waals surface area (Å²) in [5.74, 6) is 1.04. The number of hydrogen-bond acceptors (Lipinski definition) is 8. The summed E-state index contributed by atoms with van der Waals surface area (Å²) in [5, 5.41) is 0.626. The number of ether oxygens (including phenoxy) is 4. The van der Waals surface area contributed by atoms with Gasteiger partial charge in [-0.3, -0.25) is 9.36 Å². The van der Waals surface area contributed by atoms with Gasteiger partial charge in [0.2, 0.25) is 0 Å². The van der Waals surface area contributed by atoms with Crippen molar-refractivity contribution in [1.82, 2.24) is 4.57 Å². The van der Waals surface area contributed by atoms with Crippen molar-refractivity contribution >= 4 is 40.7 Å². The summed E-state index contributed by atoms with van der Waals surface area (Å²) in [6.07, 6.45) is 1.79. The van der Waals surface area contributed by atoms with Crippen LogP contribution in [0.5, 0.6) is 17.2 Å².